The summed E-state index contributed by atoms with van der Waals surface area (Å²) in [7, 11) is 1.65. The Morgan fingerprint density at radius 1 is 1.25 bits per heavy atom. The summed E-state index contributed by atoms with van der Waals surface area (Å²) in [5.74, 6) is 1.81. The van der Waals surface area contributed by atoms with Crippen molar-refractivity contribution >= 4 is 11.7 Å². The third kappa shape index (κ3) is 3.69. The number of aryl methyl sites for hydroxylation is 1. The smallest absolute Gasteiger partial charge is 0.322 e. The van der Waals surface area contributed by atoms with E-state index >= 15 is 0 Å². The van der Waals surface area contributed by atoms with Crippen molar-refractivity contribution in [1.29, 1.82) is 0 Å². The maximum absolute atomic E-state index is 12.9. The van der Waals surface area contributed by atoms with E-state index in [2.05, 4.69) is 15.5 Å². The molecule has 1 aromatic heterocycles. The Kier molecular flexibility index (Phi) is 4.97. The van der Waals surface area contributed by atoms with Gasteiger partial charge in [0, 0.05) is 24.7 Å². The number of carbonyl (C=O) groups excluding carboxylic acids is 1. The first-order valence-electron chi connectivity index (χ1n) is 9.26. The molecule has 28 heavy (non-hydrogen) atoms. The number of amides is 2. The number of urea groups is 1. The number of ether oxygens (including phenoxy) is 1. The molecule has 1 fully saturated rings. The van der Waals surface area contributed by atoms with Gasteiger partial charge in [-0.15, -0.1) is 0 Å². The number of nitrogens with one attached hydrogen (secondary N) is 1. The van der Waals surface area contributed by atoms with Crippen LogP contribution in [0.25, 0.3) is 11.4 Å². The van der Waals surface area contributed by atoms with Gasteiger partial charge in [-0.3, -0.25) is 0 Å². The molecule has 0 bridgehead atoms. The second-order valence-corrected chi connectivity index (χ2v) is 6.78. The van der Waals surface area contributed by atoms with Crippen LogP contribution in [-0.4, -0.2) is 34.7 Å². The minimum absolute atomic E-state index is 0.0399. The minimum Gasteiger partial charge on any atom is -0.497 e. The molecule has 0 aliphatic carbocycles. The number of hydrogen-bond donors (Lipinski definition) is 1. The van der Waals surface area contributed by atoms with Crippen LogP contribution in [0, 0.1) is 6.92 Å². The van der Waals surface area contributed by atoms with Crippen molar-refractivity contribution < 1.29 is 14.1 Å². The van der Waals surface area contributed by atoms with Gasteiger partial charge in [-0.1, -0.05) is 29.4 Å². The van der Waals surface area contributed by atoms with Gasteiger partial charge < -0.3 is 19.5 Å². The van der Waals surface area contributed by atoms with E-state index in [4.69, 9.17) is 9.26 Å². The highest BCUT2D eigenvalue weighted by Gasteiger charge is 2.30. The fourth-order valence-electron chi connectivity index (χ4n) is 3.55. The molecule has 2 amide bonds. The largest absolute Gasteiger partial charge is 0.497 e. The van der Waals surface area contributed by atoms with Crippen LogP contribution in [0.4, 0.5) is 10.5 Å². The van der Waals surface area contributed by atoms with Gasteiger partial charge in [0.1, 0.15) is 5.75 Å². The molecule has 4 rings (SSSR count). The fraction of sp³-hybridized carbons (Fsp3) is 0.286. The lowest BCUT2D eigenvalue weighted by Crippen LogP contribution is -2.34. The van der Waals surface area contributed by atoms with Crippen LogP contribution in [-0.2, 0) is 0 Å². The average molecular weight is 378 g/mol. The highest BCUT2D eigenvalue weighted by atomic mass is 16.5. The summed E-state index contributed by atoms with van der Waals surface area (Å²) in [6.45, 7) is 2.46. The summed E-state index contributed by atoms with van der Waals surface area (Å²) in [4.78, 5) is 19.0. The molecule has 7 heteroatoms. The van der Waals surface area contributed by atoms with E-state index in [1.807, 2.05) is 53.4 Å². The Morgan fingerprint density at radius 3 is 2.89 bits per heavy atom. The van der Waals surface area contributed by atoms with Gasteiger partial charge in [0.25, 0.3) is 0 Å². The summed E-state index contributed by atoms with van der Waals surface area (Å²) in [5, 5.41) is 6.93. The zero-order valence-corrected chi connectivity index (χ0v) is 15.9. The van der Waals surface area contributed by atoms with E-state index in [1.165, 1.54) is 0 Å². The molecule has 1 atom stereocenters. The summed E-state index contributed by atoms with van der Waals surface area (Å²) in [6.07, 6.45) is 1.90. The van der Waals surface area contributed by atoms with Crippen LogP contribution < -0.4 is 10.1 Å². The molecule has 2 aromatic carbocycles. The van der Waals surface area contributed by atoms with Gasteiger partial charge in [0.2, 0.25) is 11.7 Å². The quantitative estimate of drug-likeness (QED) is 0.727. The van der Waals surface area contributed by atoms with E-state index in [9.17, 15) is 4.79 Å². The van der Waals surface area contributed by atoms with Crippen molar-refractivity contribution in [3.05, 3.63) is 60.0 Å². The van der Waals surface area contributed by atoms with E-state index in [-0.39, 0.29) is 12.1 Å². The van der Waals surface area contributed by atoms with Crippen molar-refractivity contribution in [1.82, 2.24) is 15.0 Å². The lowest BCUT2D eigenvalue weighted by molar-refractivity contribution is 0.207. The summed E-state index contributed by atoms with van der Waals surface area (Å²) in [5.41, 5.74) is 2.57. The molecule has 0 radical (unpaired) electrons. The molecular formula is C21H22N4O3. The SMILES string of the molecule is COc1cccc([C@@H]2CCCN2C(=O)Nc2cccc(-c3noc(C)n3)c2)c1. The zero-order chi connectivity index (χ0) is 19.5. The van der Waals surface area contributed by atoms with Crippen molar-refractivity contribution in [2.45, 2.75) is 25.8 Å². The molecule has 144 valence electrons. The van der Waals surface area contributed by atoms with Crippen LogP contribution in [0.2, 0.25) is 0 Å². The second kappa shape index (κ2) is 7.72. The first kappa shape index (κ1) is 18.0. The van der Waals surface area contributed by atoms with Gasteiger partial charge in [0.05, 0.1) is 13.2 Å². The van der Waals surface area contributed by atoms with Crippen molar-refractivity contribution in [2.24, 2.45) is 0 Å². The fourth-order valence-corrected chi connectivity index (χ4v) is 3.55. The van der Waals surface area contributed by atoms with E-state index in [0.717, 1.165) is 36.3 Å². The predicted molar refractivity (Wildman–Crippen MR) is 105 cm³/mol. The summed E-state index contributed by atoms with van der Waals surface area (Å²) < 4.78 is 10.4. The van der Waals surface area contributed by atoms with Gasteiger partial charge in [-0.2, -0.15) is 4.98 Å². The zero-order valence-electron chi connectivity index (χ0n) is 15.9. The van der Waals surface area contributed by atoms with Gasteiger partial charge >= 0.3 is 6.03 Å². The molecule has 0 unspecified atom stereocenters. The Labute approximate surface area is 163 Å². The number of carbonyl (C=O) groups is 1. The van der Waals surface area contributed by atoms with Crippen LogP contribution >= 0.6 is 0 Å². The second-order valence-electron chi connectivity index (χ2n) is 6.78. The molecule has 1 aliphatic heterocycles. The first-order valence-corrected chi connectivity index (χ1v) is 9.26. The third-order valence-electron chi connectivity index (χ3n) is 4.89. The molecule has 1 N–H and O–H groups in total. The number of rotatable bonds is 4. The van der Waals surface area contributed by atoms with Crippen LogP contribution in [0.3, 0.4) is 0 Å². The Balaban J connectivity index is 1.51. The predicted octanol–water partition coefficient (Wildman–Crippen LogP) is 4.42. The Bertz CT molecular complexity index is 985. The number of hydrogen-bond acceptors (Lipinski definition) is 5. The van der Waals surface area contributed by atoms with Crippen molar-refractivity contribution in [3.63, 3.8) is 0 Å². The highest BCUT2D eigenvalue weighted by Crippen LogP contribution is 2.34. The Hall–Kier alpha value is -3.35. The highest BCUT2D eigenvalue weighted by molar-refractivity contribution is 5.90. The third-order valence-corrected chi connectivity index (χ3v) is 4.89. The lowest BCUT2D eigenvalue weighted by atomic mass is 10.0. The minimum atomic E-state index is -0.119. The maximum atomic E-state index is 12.9. The molecule has 1 aliphatic rings. The van der Waals surface area contributed by atoms with Gasteiger partial charge in [-0.05, 0) is 42.7 Å². The monoisotopic (exact) mass is 378 g/mol. The van der Waals surface area contributed by atoms with Crippen LogP contribution in [0.5, 0.6) is 5.75 Å². The molecule has 0 spiro atoms. The molecule has 1 saturated heterocycles. The maximum Gasteiger partial charge on any atom is 0.322 e. The average Bonchev–Trinajstić information content (AvgIpc) is 3.37. The number of likely N-dealkylation sites (tertiary alicyclic amines) is 1. The number of methoxy groups -OCH3 is 1. The summed E-state index contributed by atoms with van der Waals surface area (Å²) in [6, 6.07) is 15.3. The number of benzene rings is 2. The van der Waals surface area contributed by atoms with Crippen molar-refractivity contribution in [3.8, 4) is 17.1 Å². The van der Waals surface area contributed by atoms with E-state index in [0.29, 0.717) is 17.4 Å². The van der Waals surface area contributed by atoms with Crippen LogP contribution in [0.1, 0.15) is 30.3 Å². The molecule has 3 aromatic rings. The standard InChI is InChI=1S/C21H22N4O3/c1-14-22-20(24-28-14)16-7-3-8-17(12-16)23-21(26)25-11-5-10-19(25)15-6-4-9-18(13-15)27-2/h3-4,6-9,12-13,19H,5,10-11H2,1-2H3,(H,23,26)/t19-/m0/s1. The van der Waals surface area contributed by atoms with E-state index < -0.39 is 0 Å². The molecule has 0 saturated carbocycles. The topological polar surface area (TPSA) is 80.5 Å². The Morgan fingerprint density at radius 2 is 2.11 bits per heavy atom. The van der Waals surface area contributed by atoms with Gasteiger partial charge in [-0.25, -0.2) is 4.79 Å². The van der Waals surface area contributed by atoms with Gasteiger partial charge in [0.15, 0.2) is 0 Å². The molecule has 7 nitrogen and oxygen atoms in total. The lowest BCUT2D eigenvalue weighted by Gasteiger charge is -2.25. The molecule has 2 heterocycles. The molecular weight excluding hydrogens is 356 g/mol. The normalized spacial score (nSPS) is 16.2. The number of aromatic nitrogens is 2. The van der Waals surface area contributed by atoms with E-state index in [1.54, 1.807) is 14.0 Å². The van der Waals surface area contributed by atoms with Crippen LogP contribution in [0.15, 0.2) is 53.1 Å². The number of nitrogens with zero attached hydrogens (tertiary/aromatic N) is 3. The summed E-state index contributed by atoms with van der Waals surface area (Å²) >= 11 is 0. The van der Waals surface area contributed by atoms with Crippen molar-refractivity contribution in [2.75, 3.05) is 19.0 Å². The number of anilines is 1. The first-order chi connectivity index (χ1) is 13.6.